The molecule has 21 heavy (non-hydrogen) atoms. The molecular weight excluding hydrogens is 252 g/mol. The van der Waals surface area contributed by atoms with Gasteiger partial charge in [-0.25, -0.2) is 0 Å². The first-order chi connectivity index (χ1) is 10.4. The molecule has 0 aromatic carbocycles. The summed E-state index contributed by atoms with van der Waals surface area (Å²) in [7, 11) is 0. The second-order valence-electron chi connectivity index (χ2n) is 6.01. The first kappa shape index (κ1) is 12.6. The zero-order chi connectivity index (χ0) is 14.1. The van der Waals surface area contributed by atoms with E-state index in [9.17, 15) is 0 Å². The summed E-state index contributed by atoms with van der Waals surface area (Å²) in [5.74, 6) is 0.606. The van der Waals surface area contributed by atoms with Gasteiger partial charge in [0.2, 0.25) is 0 Å². The third kappa shape index (κ3) is 2.15. The highest BCUT2D eigenvalue weighted by atomic mass is 14.4. The predicted octanol–water partition coefficient (Wildman–Crippen LogP) is 5.52. The SMILES string of the molecule is C1=CC=C2C=CCCCC3C4=C(C=CC=CC4)C(=C23)C=C1. The van der Waals surface area contributed by atoms with Crippen LogP contribution in [0.4, 0.5) is 0 Å². The molecule has 0 radical (unpaired) electrons. The Hall–Kier alpha value is -2.08. The van der Waals surface area contributed by atoms with Crippen molar-refractivity contribution in [3.8, 4) is 0 Å². The van der Waals surface area contributed by atoms with Gasteiger partial charge in [0, 0.05) is 5.92 Å². The summed E-state index contributed by atoms with van der Waals surface area (Å²) < 4.78 is 0. The van der Waals surface area contributed by atoms with Crippen molar-refractivity contribution < 1.29 is 0 Å². The maximum atomic E-state index is 2.34. The van der Waals surface area contributed by atoms with E-state index in [2.05, 4.69) is 66.8 Å². The molecule has 1 unspecified atom stereocenters. The van der Waals surface area contributed by atoms with E-state index in [-0.39, 0.29) is 0 Å². The van der Waals surface area contributed by atoms with Gasteiger partial charge in [0.15, 0.2) is 0 Å². The molecule has 1 atom stereocenters. The van der Waals surface area contributed by atoms with Gasteiger partial charge < -0.3 is 0 Å². The van der Waals surface area contributed by atoms with E-state index in [4.69, 9.17) is 0 Å². The fourth-order valence-corrected chi connectivity index (χ4v) is 3.86. The quantitative estimate of drug-likeness (QED) is 0.545. The molecule has 0 saturated heterocycles. The topological polar surface area (TPSA) is 0 Å². The Morgan fingerprint density at radius 3 is 2.71 bits per heavy atom. The molecule has 0 aliphatic heterocycles. The standard InChI is InChI=1S/C21H20/c1-4-10-16-11-5-2-9-15-20-18-13-7-3-6-12-17(18)19(14-8-1)21(16)20/h1,3-8,10-12,14,20H,2,9,13,15H2. The number of hydrogen-bond acceptors (Lipinski definition) is 0. The average Bonchev–Trinajstić information content (AvgIpc) is 2.63. The summed E-state index contributed by atoms with van der Waals surface area (Å²) in [4.78, 5) is 0. The van der Waals surface area contributed by atoms with Crippen LogP contribution in [0.15, 0.2) is 94.7 Å². The van der Waals surface area contributed by atoms with Crippen molar-refractivity contribution >= 4 is 0 Å². The van der Waals surface area contributed by atoms with E-state index in [0.717, 1.165) is 6.42 Å². The van der Waals surface area contributed by atoms with Crippen molar-refractivity contribution in [1.29, 1.82) is 0 Å². The van der Waals surface area contributed by atoms with Crippen LogP contribution in [0.2, 0.25) is 0 Å². The molecule has 0 amide bonds. The van der Waals surface area contributed by atoms with Gasteiger partial charge in [-0.05, 0) is 48.0 Å². The highest BCUT2D eigenvalue weighted by molar-refractivity contribution is 5.68. The van der Waals surface area contributed by atoms with Gasteiger partial charge in [0.25, 0.3) is 0 Å². The van der Waals surface area contributed by atoms with Gasteiger partial charge in [-0.2, -0.15) is 0 Å². The summed E-state index contributed by atoms with van der Waals surface area (Å²) in [5.41, 5.74) is 7.49. The Morgan fingerprint density at radius 2 is 1.71 bits per heavy atom. The highest BCUT2D eigenvalue weighted by Gasteiger charge is 2.32. The fraction of sp³-hybridized carbons (Fsp3) is 0.238. The van der Waals surface area contributed by atoms with Crippen molar-refractivity contribution in [2.75, 3.05) is 0 Å². The molecule has 0 aromatic rings. The molecule has 0 spiro atoms. The minimum absolute atomic E-state index is 0.606. The molecule has 0 heterocycles. The number of fused-ring (bicyclic) bond motifs is 2. The zero-order valence-corrected chi connectivity index (χ0v) is 12.3. The second-order valence-corrected chi connectivity index (χ2v) is 6.01. The van der Waals surface area contributed by atoms with Crippen LogP contribution in [0.5, 0.6) is 0 Å². The van der Waals surface area contributed by atoms with Crippen LogP contribution < -0.4 is 0 Å². The molecule has 104 valence electrons. The molecule has 0 aromatic heterocycles. The molecule has 0 N–H and O–H groups in total. The van der Waals surface area contributed by atoms with Gasteiger partial charge in [-0.15, -0.1) is 0 Å². The molecule has 0 heteroatoms. The predicted molar refractivity (Wildman–Crippen MR) is 89.8 cm³/mol. The summed E-state index contributed by atoms with van der Waals surface area (Å²) in [6, 6.07) is 0. The molecule has 4 rings (SSSR count). The smallest absolute Gasteiger partial charge is 0.00727 e. The minimum Gasteiger partial charge on any atom is -0.0839 e. The molecule has 4 aliphatic carbocycles. The lowest BCUT2D eigenvalue weighted by Gasteiger charge is -2.22. The molecule has 0 fully saturated rings. The summed E-state index contributed by atoms with van der Waals surface area (Å²) in [6.45, 7) is 0. The number of hydrogen-bond donors (Lipinski definition) is 0. The first-order valence-corrected chi connectivity index (χ1v) is 7.98. The van der Waals surface area contributed by atoms with Gasteiger partial charge >= 0.3 is 0 Å². The van der Waals surface area contributed by atoms with Crippen LogP contribution in [0.1, 0.15) is 25.7 Å². The monoisotopic (exact) mass is 272 g/mol. The van der Waals surface area contributed by atoms with Crippen molar-refractivity contribution in [3.63, 3.8) is 0 Å². The first-order valence-electron chi connectivity index (χ1n) is 7.98. The Morgan fingerprint density at radius 1 is 0.810 bits per heavy atom. The summed E-state index contributed by atoms with van der Waals surface area (Å²) >= 11 is 0. The molecule has 4 aliphatic rings. The largest absolute Gasteiger partial charge is 0.0839 e. The van der Waals surface area contributed by atoms with Gasteiger partial charge in [0.05, 0.1) is 0 Å². The van der Waals surface area contributed by atoms with E-state index < -0.39 is 0 Å². The van der Waals surface area contributed by atoms with Crippen molar-refractivity contribution in [2.45, 2.75) is 25.7 Å². The van der Waals surface area contributed by atoms with E-state index in [1.807, 2.05) is 0 Å². The van der Waals surface area contributed by atoms with E-state index in [0.29, 0.717) is 5.92 Å². The van der Waals surface area contributed by atoms with E-state index in [1.165, 1.54) is 36.0 Å². The Kier molecular flexibility index (Phi) is 3.23. The van der Waals surface area contributed by atoms with Gasteiger partial charge in [-0.3, -0.25) is 0 Å². The van der Waals surface area contributed by atoms with E-state index in [1.54, 1.807) is 11.1 Å². The third-order valence-corrected chi connectivity index (χ3v) is 4.78. The van der Waals surface area contributed by atoms with Crippen molar-refractivity contribution in [3.05, 3.63) is 94.7 Å². The van der Waals surface area contributed by atoms with Crippen LogP contribution in [0.25, 0.3) is 0 Å². The summed E-state index contributed by atoms with van der Waals surface area (Å²) in [6.07, 6.45) is 29.6. The molecule has 0 nitrogen and oxygen atoms in total. The molecule has 0 saturated carbocycles. The zero-order valence-electron chi connectivity index (χ0n) is 12.3. The second kappa shape index (κ2) is 5.37. The lowest BCUT2D eigenvalue weighted by molar-refractivity contribution is 0.605. The highest BCUT2D eigenvalue weighted by Crippen LogP contribution is 2.47. The Labute approximate surface area is 126 Å². The Bertz CT molecular complexity index is 696. The molecular formula is C21H20. The maximum absolute atomic E-state index is 2.34. The third-order valence-electron chi connectivity index (χ3n) is 4.78. The van der Waals surface area contributed by atoms with Crippen LogP contribution in [-0.2, 0) is 0 Å². The number of allylic oxidation sites excluding steroid dienone is 16. The molecule has 0 bridgehead atoms. The van der Waals surface area contributed by atoms with Crippen molar-refractivity contribution in [1.82, 2.24) is 0 Å². The maximum Gasteiger partial charge on any atom is 0.00727 e. The van der Waals surface area contributed by atoms with Crippen molar-refractivity contribution in [2.24, 2.45) is 5.92 Å². The Balaban J connectivity index is 1.93. The van der Waals surface area contributed by atoms with Crippen LogP contribution in [0, 0.1) is 5.92 Å². The minimum atomic E-state index is 0.606. The lowest BCUT2D eigenvalue weighted by Crippen LogP contribution is -2.08. The normalized spacial score (nSPS) is 26.7. The summed E-state index contributed by atoms with van der Waals surface area (Å²) in [5, 5.41) is 0. The van der Waals surface area contributed by atoms with Gasteiger partial charge in [-0.1, -0.05) is 72.4 Å². The average molecular weight is 272 g/mol. The fourth-order valence-electron chi connectivity index (χ4n) is 3.86. The number of rotatable bonds is 0. The van der Waals surface area contributed by atoms with Gasteiger partial charge in [0.1, 0.15) is 0 Å². The van der Waals surface area contributed by atoms with Crippen LogP contribution in [-0.4, -0.2) is 0 Å². The lowest BCUT2D eigenvalue weighted by atomic mass is 9.82. The van der Waals surface area contributed by atoms with E-state index >= 15 is 0 Å². The van der Waals surface area contributed by atoms with Crippen LogP contribution >= 0.6 is 0 Å². The van der Waals surface area contributed by atoms with Crippen LogP contribution in [0.3, 0.4) is 0 Å².